The van der Waals surface area contributed by atoms with Crippen molar-refractivity contribution in [1.82, 2.24) is 9.55 Å². The van der Waals surface area contributed by atoms with E-state index in [-0.39, 0.29) is 4.90 Å². The Balaban J connectivity index is 2.04. The summed E-state index contributed by atoms with van der Waals surface area (Å²) >= 11 is 1.51. The van der Waals surface area contributed by atoms with Gasteiger partial charge in [-0.15, -0.1) is 11.3 Å². The zero-order valence-electron chi connectivity index (χ0n) is 14.0. The number of thiazole rings is 1. The van der Waals surface area contributed by atoms with E-state index in [0.717, 1.165) is 22.0 Å². The first kappa shape index (κ1) is 16.7. The van der Waals surface area contributed by atoms with Crippen LogP contribution in [0.2, 0.25) is 0 Å². The third-order valence-corrected chi connectivity index (χ3v) is 6.47. The molecule has 0 saturated carbocycles. The van der Waals surface area contributed by atoms with Gasteiger partial charge in [-0.1, -0.05) is 18.2 Å². The molecule has 0 aliphatic heterocycles. The third-order valence-electron chi connectivity index (χ3n) is 4.01. The van der Waals surface area contributed by atoms with Crippen LogP contribution in [-0.4, -0.2) is 18.0 Å². The maximum Gasteiger partial charge on any atom is 0.263 e. The first-order chi connectivity index (χ1) is 11.3. The lowest BCUT2D eigenvalue weighted by Gasteiger charge is -2.10. The van der Waals surface area contributed by atoms with E-state index in [0.29, 0.717) is 11.4 Å². The van der Waals surface area contributed by atoms with Crippen LogP contribution >= 0.6 is 11.3 Å². The highest BCUT2D eigenvalue weighted by Crippen LogP contribution is 2.31. The number of hydrogen-bond acceptors (Lipinski definition) is 4. The Kier molecular flexibility index (Phi) is 4.23. The zero-order valence-corrected chi connectivity index (χ0v) is 15.6. The van der Waals surface area contributed by atoms with Gasteiger partial charge < -0.3 is 4.57 Å². The molecule has 2 heterocycles. The molecule has 0 amide bonds. The average Bonchev–Trinajstić information content (AvgIpc) is 3.07. The minimum Gasteiger partial charge on any atom is -0.345 e. The number of rotatable bonds is 4. The smallest absolute Gasteiger partial charge is 0.263 e. The predicted octanol–water partition coefficient (Wildman–Crippen LogP) is 3.87. The number of hydrogen-bond donors (Lipinski definition) is 1. The highest BCUT2D eigenvalue weighted by Gasteiger charge is 2.23. The Morgan fingerprint density at radius 2 is 1.88 bits per heavy atom. The normalized spacial score (nSPS) is 11.7. The summed E-state index contributed by atoms with van der Waals surface area (Å²) in [4.78, 5) is 4.73. The lowest BCUT2D eigenvalue weighted by atomic mass is 10.2. The second-order valence-electron chi connectivity index (χ2n) is 5.75. The molecule has 1 aromatic carbocycles. The van der Waals surface area contributed by atoms with Gasteiger partial charge in [0.15, 0.2) is 0 Å². The molecule has 0 atom stereocenters. The van der Waals surface area contributed by atoms with Crippen LogP contribution in [0, 0.1) is 20.8 Å². The molecule has 24 heavy (non-hydrogen) atoms. The molecule has 0 fully saturated rings. The molecular formula is C17H19N3O2S2. The number of aromatic nitrogens is 2. The topological polar surface area (TPSA) is 64.0 Å². The van der Waals surface area contributed by atoms with Gasteiger partial charge in [-0.3, -0.25) is 4.72 Å². The predicted molar refractivity (Wildman–Crippen MR) is 98.0 cm³/mol. The van der Waals surface area contributed by atoms with Gasteiger partial charge in [0.1, 0.15) is 9.90 Å². The summed E-state index contributed by atoms with van der Waals surface area (Å²) in [5.74, 6) is 0. The van der Waals surface area contributed by atoms with E-state index in [1.165, 1.54) is 11.3 Å². The van der Waals surface area contributed by atoms with Crippen LogP contribution in [-0.2, 0) is 17.1 Å². The van der Waals surface area contributed by atoms with Crippen LogP contribution in [0.15, 0.2) is 40.6 Å². The van der Waals surface area contributed by atoms with Crippen molar-refractivity contribution in [1.29, 1.82) is 0 Å². The van der Waals surface area contributed by atoms with Crippen molar-refractivity contribution in [3.63, 3.8) is 0 Å². The number of anilines is 1. The van der Waals surface area contributed by atoms with E-state index in [1.54, 1.807) is 19.1 Å². The minimum absolute atomic E-state index is 0.274. The minimum atomic E-state index is -3.66. The van der Waals surface area contributed by atoms with Crippen LogP contribution in [0.3, 0.4) is 0 Å². The summed E-state index contributed by atoms with van der Waals surface area (Å²) in [6.45, 7) is 5.60. The molecule has 0 aliphatic rings. The summed E-state index contributed by atoms with van der Waals surface area (Å²) < 4.78 is 30.2. The molecule has 0 saturated heterocycles. The molecule has 0 spiro atoms. The van der Waals surface area contributed by atoms with Crippen LogP contribution in [0.1, 0.15) is 17.0 Å². The highest BCUT2D eigenvalue weighted by atomic mass is 32.2. The quantitative estimate of drug-likeness (QED) is 0.767. The SMILES string of the molecule is Cc1csc(-c2cc(S(=O)(=O)Nc3ccccc3C)c(C)n2C)n1. The van der Waals surface area contributed by atoms with E-state index in [2.05, 4.69) is 9.71 Å². The van der Waals surface area contributed by atoms with Gasteiger partial charge in [-0.2, -0.15) is 0 Å². The Hall–Kier alpha value is -2.12. The number of benzene rings is 1. The molecule has 3 rings (SSSR count). The summed E-state index contributed by atoms with van der Waals surface area (Å²) in [6, 6.07) is 9.01. The Morgan fingerprint density at radius 1 is 1.17 bits per heavy atom. The van der Waals surface area contributed by atoms with Crippen molar-refractivity contribution in [2.45, 2.75) is 25.7 Å². The molecule has 3 aromatic rings. The number of nitrogens with zero attached hydrogens (tertiary/aromatic N) is 2. The monoisotopic (exact) mass is 361 g/mol. The fourth-order valence-electron chi connectivity index (χ4n) is 2.51. The van der Waals surface area contributed by atoms with E-state index in [9.17, 15) is 8.42 Å². The van der Waals surface area contributed by atoms with Crippen molar-refractivity contribution in [2.75, 3.05) is 4.72 Å². The highest BCUT2D eigenvalue weighted by molar-refractivity contribution is 7.92. The molecule has 5 nitrogen and oxygen atoms in total. The molecule has 0 aliphatic carbocycles. The van der Waals surface area contributed by atoms with Crippen molar-refractivity contribution in [3.05, 3.63) is 52.7 Å². The largest absolute Gasteiger partial charge is 0.345 e. The van der Waals surface area contributed by atoms with E-state index < -0.39 is 10.0 Å². The summed E-state index contributed by atoms with van der Waals surface area (Å²) in [7, 11) is -1.81. The van der Waals surface area contributed by atoms with Crippen LogP contribution in [0.25, 0.3) is 10.7 Å². The lowest BCUT2D eigenvalue weighted by Crippen LogP contribution is -2.14. The Labute approximate surface area is 146 Å². The van der Waals surface area contributed by atoms with Crippen LogP contribution in [0.4, 0.5) is 5.69 Å². The summed E-state index contributed by atoms with van der Waals surface area (Å²) in [5, 5.41) is 2.77. The van der Waals surface area contributed by atoms with E-state index in [1.807, 2.05) is 49.0 Å². The second kappa shape index (κ2) is 6.07. The van der Waals surface area contributed by atoms with Crippen molar-refractivity contribution < 1.29 is 8.42 Å². The number of sulfonamides is 1. The van der Waals surface area contributed by atoms with Gasteiger partial charge in [0.05, 0.1) is 11.4 Å². The Morgan fingerprint density at radius 3 is 2.50 bits per heavy atom. The molecule has 0 unspecified atom stereocenters. The van der Waals surface area contributed by atoms with Gasteiger partial charge in [-0.05, 0) is 38.5 Å². The molecule has 0 radical (unpaired) electrons. The maximum absolute atomic E-state index is 12.8. The van der Waals surface area contributed by atoms with E-state index >= 15 is 0 Å². The number of para-hydroxylation sites is 1. The molecule has 126 valence electrons. The van der Waals surface area contributed by atoms with Crippen molar-refractivity contribution in [2.24, 2.45) is 7.05 Å². The fourth-order valence-corrected chi connectivity index (χ4v) is 4.78. The second-order valence-corrected chi connectivity index (χ2v) is 8.26. The average molecular weight is 361 g/mol. The van der Waals surface area contributed by atoms with Gasteiger partial charge in [0.25, 0.3) is 10.0 Å². The van der Waals surface area contributed by atoms with Crippen molar-refractivity contribution >= 4 is 27.0 Å². The van der Waals surface area contributed by atoms with Gasteiger partial charge in [0.2, 0.25) is 0 Å². The van der Waals surface area contributed by atoms with Gasteiger partial charge in [-0.25, -0.2) is 13.4 Å². The molecule has 7 heteroatoms. The molecule has 0 bridgehead atoms. The molecular weight excluding hydrogens is 342 g/mol. The number of nitrogens with one attached hydrogen (secondary N) is 1. The van der Waals surface area contributed by atoms with Crippen molar-refractivity contribution in [3.8, 4) is 10.7 Å². The standard InChI is InChI=1S/C17H19N3O2S2/c1-11-7-5-6-8-14(11)19-24(21,22)16-9-15(20(4)13(16)3)17-18-12(2)10-23-17/h5-10,19H,1-4H3. The molecule has 1 N–H and O–H groups in total. The van der Waals surface area contributed by atoms with Gasteiger partial charge in [0, 0.05) is 23.8 Å². The summed E-state index contributed by atoms with van der Waals surface area (Å²) in [5.41, 5.74) is 3.88. The molecule has 2 aromatic heterocycles. The van der Waals surface area contributed by atoms with Gasteiger partial charge >= 0.3 is 0 Å². The summed E-state index contributed by atoms with van der Waals surface area (Å²) in [6.07, 6.45) is 0. The van der Waals surface area contributed by atoms with Crippen LogP contribution in [0.5, 0.6) is 0 Å². The van der Waals surface area contributed by atoms with Crippen LogP contribution < -0.4 is 4.72 Å². The third kappa shape index (κ3) is 2.97. The fraction of sp³-hybridized carbons (Fsp3) is 0.235. The lowest BCUT2D eigenvalue weighted by molar-refractivity contribution is 0.600. The first-order valence-electron chi connectivity index (χ1n) is 7.47. The Bertz CT molecular complexity index is 1000. The number of aryl methyl sites for hydroxylation is 2. The maximum atomic E-state index is 12.8. The van der Waals surface area contributed by atoms with E-state index in [4.69, 9.17) is 0 Å². The first-order valence-corrected chi connectivity index (χ1v) is 9.83. The zero-order chi connectivity index (χ0) is 17.5.